The summed E-state index contributed by atoms with van der Waals surface area (Å²) in [5.74, 6) is 0.509. The lowest BCUT2D eigenvalue weighted by Gasteiger charge is -2.10. The smallest absolute Gasteiger partial charge is 0.206 e. The number of carbonyl (C=O) groups excluding carboxylic acids is 1. The molecule has 35 heavy (non-hydrogen) atoms. The summed E-state index contributed by atoms with van der Waals surface area (Å²) in [6, 6.07) is 22.8. The minimum atomic E-state index is -0.256. The van der Waals surface area contributed by atoms with Crippen molar-refractivity contribution < 1.29 is 9.53 Å². The van der Waals surface area contributed by atoms with Crippen LogP contribution in [0.15, 0.2) is 72.8 Å². The molecule has 2 heterocycles. The molecule has 7 heteroatoms. The van der Waals surface area contributed by atoms with Crippen molar-refractivity contribution in [3.05, 3.63) is 98.8 Å². The summed E-state index contributed by atoms with van der Waals surface area (Å²) >= 11 is 13.6. The van der Waals surface area contributed by atoms with E-state index in [1.807, 2.05) is 37.3 Å². The Kier molecular flexibility index (Phi) is 6.24. The number of methoxy groups -OCH3 is 1. The van der Waals surface area contributed by atoms with Gasteiger partial charge in [-0.2, -0.15) is 0 Å². The maximum Gasteiger partial charge on any atom is 0.206 e. The van der Waals surface area contributed by atoms with Crippen LogP contribution in [0.25, 0.3) is 32.6 Å². The van der Waals surface area contributed by atoms with Gasteiger partial charge in [0.15, 0.2) is 0 Å². The number of hydrogen-bond donors (Lipinski definition) is 1. The molecule has 0 saturated heterocycles. The molecule has 0 saturated carbocycles. The molecule has 0 amide bonds. The number of ketones is 1. The Morgan fingerprint density at radius 1 is 0.943 bits per heavy atom. The lowest BCUT2D eigenvalue weighted by Crippen LogP contribution is -2.03. The molecule has 0 spiro atoms. The number of thiophene rings is 1. The van der Waals surface area contributed by atoms with Crippen molar-refractivity contribution in [2.45, 2.75) is 6.92 Å². The van der Waals surface area contributed by atoms with Crippen molar-refractivity contribution in [1.82, 2.24) is 4.98 Å². The van der Waals surface area contributed by atoms with E-state index in [1.54, 1.807) is 25.3 Å². The lowest BCUT2D eigenvalue weighted by atomic mass is 9.98. The predicted octanol–water partition coefficient (Wildman–Crippen LogP) is 8.07. The first kappa shape index (κ1) is 23.4. The van der Waals surface area contributed by atoms with Gasteiger partial charge in [0, 0.05) is 21.5 Å². The zero-order chi connectivity index (χ0) is 24.7. The number of carbonyl (C=O) groups is 1. The summed E-state index contributed by atoms with van der Waals surface area (Å²) in [5, 5.41) is 1.50. The van der Waals surface area contributed by atoms with E-state index in [4.69, 9.17) is 38.7 Å². The Labute approximate surface area is 216 Å². The number of benzene rings is 3. The Bertz CT molecular complexity index is 1580. The third-order valence-electron chi connectivity index (χ3n) is 5.83. The molecule has 5 rings (SSSR count). The number of anilines is 1. The van der Waals surface area contributed by atoms with Crippen LogP contribution in [-0.2, 0) is 0 Å². The fourth-order valence-corrected chi connectivity index (χ4v) is 5.52. The maximum absolute atomic E-state index is 13.4. The van der Waals surface area contributed by atoms with Crippen molar-refractivity contribution in [2.75, 3.05) is 12.8 Å². The highest BCUT2D eigenvalue weighted by atomic mass is 35.5. The molecule has 0 unspecified atom stereocenters. The third kappa shape index (κ3) is 4.39. The van der Waals surface area contributed by atoms with Crippen molar-refractivity contribution in [3.8, 4) is 28.1 Å². The van der Waals surface area contributed by atoms with Crippen LogP contribution in [0.2, 0.25) is 10.0 Å². The number of aromatic nitrogens is 1. The Morgan fingerprint density at radius 2 is 1.63 bits per heavy atom. The number of pyridine rings is 1. The van der Waals surface area contributed by atoms with E-state index in [0.717, 1.165) is 39.1 Å². The normalized spacial score (nSPS) is 11.1. The van der Waals surface area contributed by atoms with Crippen LogP contribution >= 0.6 is 34.5 Å². The quantitative estimate of drug-likeness (QED) is 0.239. The Morgan fingerprint density at radius 3 is 2.29 bits per heavy atom. The number of rotatable bonds is 5. The summed E-state index contributed by atoms with van der Waals surface area (Å²) < 4.78 is 5.29. The molecule has 4 nitrogen and oxygen atoms in total. The highest BCUT2D eigenvalue weighted by Crippen LogP contribution is 2.42. The highest BCUT2D eigenvalue weighted by molar-refractivity contribution is 7.21. The molecular weight excluding hydrogens is 499 g/mol. The second-order valence-electron chi connectivity index (χ2n) is 8.13. The molecule has 0 fully saturated rings. The zero-order valence-corrected chi connectivity index (χ0v) is 21.3. The van der Waals surface area contributed by atoms with Gasteiger partial charge in [-0.3, -0.25) is 4.79 Å². The number of nitrogens with two attached hydrogens (primary N) is 1. The first-order valence-corrected chi connectivity index (χ1v) is 12.4. The standard InChI is InChI=1S/C28H20Cl2N2O2S/c1-15-3-5-16(6-4-15)21-14-23(17-7-10-19(34-2)11-8-17)32-28-24(21)25(31)27(35-28)26(33)20-12-9-18(29)13-22(20)30/h3-14H,31H2,1-2H3. The first-order valence-electron chi connectivity index (χ1n) is 10.8. The number of halogens is 2. The van der Waals surface area contributed by atoms with E-state index in [-0.39, 0.29) is 10.8 Å². The van der Waals surface area contributed by atoms with Gasteiger partial charge in [-0.05, 0) is 66.6 Å². The molecule has 0 bridgehead atoms. The molecule has 0 radical (unpaired) electrons. The summed E-state index contributed by atoms with van der Waals surface area (Å²) in [7, 11) is 1.63. The summed E-state index contributed by atoms with van der Waals surface area (Å²) in [5.41, 5.74) is 12.1. The molecule has 2 aromatic heterocycles. The maximum atomic E-state index is 13.4. The average molecular weight is 519 g/mol. The molecule has 0 aliphatic rings. The topological polar surface area (TPSA) is 65.2 Å². The van der Waals surface area contributed by atoms with E-state index in [1.165, 1.54) is 11.3 Å². The van der Waals surface area contributed by atoms with E-state index in [9.17, 15) is 4.79 Å². The number of nitrogen functional groups attached to an aromatic ring is 1. The van der Waals surface area contributed by atoms with Crippen molar-refractivity contribution in [1.29, 1.82) is 0 Å². The molecular formula is C28H20Cl2N2O2S. The number of nitrogens with zero attached hydrogens (tertiary/aromatic N) is 1. The van der Waals surface area contributed by atoms with Crippen LogP contribution in [0, 0.1) is 6.92 Å². The zero-order valence-electron chi connectivity index (χ0n) is 18.9. The van der Waals surface area contributed by atoms with Gasteiger partial charge in [0.05, 0.1) is 23.5 Å². The summed E-state index contributed by atoms with van der Waals surface area (Å²) in [6.45, 7) is 2.04. The van der Waals surface area contributed by atoms with Crippen LogP contribution in [0.4, 0.5) is 5.69 Å². The van der Waals surface area contributed by atoms with E-state index < -0.39 is 0 Å². The number of hydrogen-bond acceptors (Lipinski definition) is 5. The van der Waals surface area contributed by atoms with Crippen molar-refractivity contribution in [2.24, 2.45) is 0 Å². The van der Waals surface area contributed by atoms with Gasteiger partial charge in [-0.15, -0.1) is 11.3 Å². The minimum absolute atomic E-state index is 0.256. The van der Waals surface area contributed by atoms with Gasteiger partial charge in [-0.1, -0.05) is 53.0 Å². The first-order chi connectivity index (χ1) is 16.9. The van der Waals surface area contributed by atoms with Crippen LogP contribution in [0.5, 0.6) is 5.75 Å². The highest BCUT2D eigenvalue weighted by Gasteiger charge is 2.24. The largest absolute Gasteiger partial charge is 0.497 e. The number of fused-ring (bicyclic) bond motifs is 1. The summed E-state index contributed by atoms with van der Waals surface area (Å²) in [6.07, 6.45) is 0. The second kappa shape index (κ2) is 9.34. The van der Waals surface area contributed by atoms with Gasteiger partial charge in [-0.25, -0.2) is 4.98 Å². The van der Waals surface area contributed by atoms with E-state index in [0.29, 0.717) is 26.0 Å². The molecule has 0 aliphatic carbocycles. The van der Waals surface area contributed by atoms with Gasteiger partial charge >= 0.3 is 0 Å². The molecule has 0 atom stereocenters. The molecule has 5 aromatic rings. The van der Waals surface area contributed by atoms with Crippen molar-refractivity contribution in [3.63, 3.8) is 0 Å². The molecule has 174 valence electrons. The number of aryl methyl sites for hydroxylation is 1. The monoisotopic (exact) mass is 518 g/mol. The van der Waals surface area contributed by atoms with Crippen LogP contribution in [-0.4, -0.2) is 17.9 Å². The molecule has 2 N–H and O–H groups in total. The minimum Gasteiger partial charge on any atom is -0.497 e. The van der Waals surface area contributed by atoms with Crippen LogP contribution in [0.3, 0.4) is 0 Å². The van der Waals surface area contributed by atoms with Crippen molar-refractivity contribution >= 4 is 56.2 Å². The third-order valence-corrected chi connectivity index (χ3v) is 7.48. The van der Waals surface area contributed by atoms with Crippen LogP contribution in [0.1, 0.15) is 20.8 Å². The predicted molar refractivity (Wildman–Crippen MR) is 146 cm³/mol. The fourth-order valence-electron chi connectivity index (χ4n) is 3.96. The SMILES string of the molecule is COc1ccc(-c2cc(-c3ccc(C)cc3)c3c(N)c(C(=O)c4ccc(Cl)cc4Cl)sc3n2)cc1. The molecule has 3 aromatic carbocycles. The van der Waals surface area contributed by atoms with E-state index in [2.05, 4.69) is 24.3 Å². The van der Waals surface area contributed by atoms with E-state index >= 15 is 0 Å². The lowest BCUT2D eigenvalue weighted by molar-refractivity contribution is 0.104. The summed E-state index contributed by atoms with van der Waals surface area (Å²) in [4.78, 5) is 19.4. The Balaban J connectivity index is 1.73. The van der Waals surface area contributed by atoms with Gasteiger partial charge in [0.1, 0.15) is 15.5 Å². The van der Waals surface area contributed by atoms with Crippen LogP contribution < -0.4 is 10.5 Å². The van der Waals surface area contributed by atoms with Gasteiger partial charge in [0.2, 0.25) is 5.78 Å². The van der Waals surface area contributed by atoms with Gasteiger partial charge in [0.25, 0.3) is 0 Å². The second-order valence-corrected chi connectivity index (χ2v) is 9.97. The molecule has 0 aliphatic heterocycles. The fraction of sp³-hybridized carbons (Fsp3) is 0.0714. The van der Waals surface area contributed by atoms with Gasteiger partial charge < -0.3 is 10.5 Å². The number of ether oxygens (including phenoxy) is 1. The average Bonchev–Trinajstić information content (AvgIpc) is 3.20. The Hall–Kier alpha value is -3.38.